The average Bonchev–Trinajstić information content (AvgIpc) is 3.39. The zero-order valence-electron chi connectivity index (χ0n) is 30.3. The normalized spacial score (nSPS) is 24.8. The van der Waals surface area contributed by atoms with E-state index in [0.717, 1.165) is 81.0 Å². The second kappa shape index (κ2) is 17.2. The summed E-state index contributed by atoms with van der Waals surface area (Å²) in [6.07, 6.45) is 9.78. The Balaban J connectivity index is 0.974. The van der Waals surface area contributed by atoms with E-state index in [9.17, 15) is 19.8 Å². The third kappa shape index (κ3) is 9.02. The highest BCUT2D eigenvalue weighted by Crippen LogP contribution is 2.39. The number of benzene rings is 3. The van der Waals surface area contributed by atoms with Crippen LogP contribution in [-0.2, 0) is 15.1 Å². The van der Waals surface area contributed by atoms with E-state index in [4.69, 9.17) is 4.74 Å². The highest BCUT2D eigenvalue weighted by molar-refractivity contribution is 5.78. The molecule has 0 spiro atoms. The molecule has 0 aromatic heterocycles. The van der Waals surface area contributed by atoms with E-state index in [1.165, 1.54) is 0 Å². The van der Waals surface area contributed by atoms with Crippen molar-refractivity contribution in [2.24, 2.45) is 11.8 Å². The number of nitrogens with one attached hydrogen (secondary N) is 2. The van der Waals surface area contributed by atoms with Gasteiger partial charge in [-0.05, 0) is 86.4 Å². The zero-order chi connectivity index (χ0) is 35.8. The average molecular weight is 696 g/mol. The van der Waals surface area contributed by atoms with Gasteiger partial charge < -0.3 is 25.6 Å². The van der Waals surface area contributed by atoms with Gasteiger partial charge >= 0.3 is 12.0 Å². The van der Waals surface area contributed by atoms with E-state index in [2.05, 4.69) is 29.4 Å². The lowest BCUT2D eigenvalue weighted by Gasteiger charge is -2.40. The van der Waals surface area contributed by atoms with Crippen LogP contribution in [0.2, 0.25) is 0 Å². The summed E-state index contributed by atoms with van der Waals surface area (Å²) in [5.41, 5.74) is 0.950. The summed E-state index contributed by atoms with van der Waals surface area (Å²) >= 11 is 0. The van der Waals surface area contributed by atoms with Crippen LogP contribution in [0, 0.1) is 11.8 Å². The van der Waals surface area contributed by atoms with E-state index >= 15 is 0 Å². The maximum atomic E-state index is 13.5. The topological polar surface area (TPSA) is 111 Å². The van der Waals surface area contributed by atoms with Crippen molar-refractivity contribution in [3.63, 3.8) is 0 Å². The molecule has 8 nitrogen and oxygen atoms in total. The number of hydrogen-bond donors (Lipinski definition) is 4. The van der Waals surface area contributed by atoms with Gasteiger partial charge in [-0.25, -0.2) is 4.79 Å². The molecule has 51 heavy (non-hydrogen) atoms. The molecule has 1 saturated carbocycles. The van der Waals surface area contributed by atoms with Gasteiger partial charge in [0.1, 0.15) is 17.6 Å². The van der Waals surface area contributed by atoms with Gasteiger partial charge in [0.15, 0.2) is 0 Å². The molecule has 2 aliphatic heterocycles. The molecule has 6 rings (SSSR count). The summed E-state index contributed by atoms with van der Waals surface area (Å²) in [5.74, 6) is -0.0591. The van der Waals surface area contributed by atoms with Crippen molar-refractivity contribution in [3.8, 4) is 0 Å². The Morgan fingerprint density at radius 1 is 0.824 bits per heavy atom. The predicted octanol–water partition coefficient (Wildman–Crippen LogP) is 6.90. The molecule has 3 aromatic carbocycles. The van der Waals surface area contributed by atoms with Gasteiger partial charge in [0.05, 0.1) is 12.6 Å². The van der Waals surface area contributed by atoms with Crippen LogP contribution in [0.15, 0.2) is 91.0 Å². The zero-order valence-corrected chi connectivity index (χ0v) is 30.3. The third-order valence-corrected chi connectivity index (χ3v) is 11.7. The number of piperidine rings is 1. The van der Waals surface area contributed by atoms with Gasteiger partial charge in [0.25, 0.3) is 0 Å². The number of ether oxygens (including phenoxy) is 1. The highest BCUT2D eigenvalue weighted by atomic mass is 16.5. The van der Waals surface area contributed by atoms with Gasteiger partial charge in [-0.2, -0.15) is 0 Å². The van der Waals surface area contributed by atoms with Crippen LogP contribution in [0.5, 0.6) is 0 Å². The number of aliphatic hydroxyl groups excluding tert-OH is 1. The molecular weight excluding hydrogens is 638 g/mol. The van der Waals surface area contributed by atoms with Crippen molar-refractivity contribution in [2.75, 3.05) is 13.2 Å². The standard InChI is InChI=1S/C43H57N3O5/c1-30(2)26-40(43(50,33-14-8-4-9-15-33)34-16-10-5-11-17-34)45-42(49)44-35-20-18-31(19-21-35)24-25-46-36-22-23-37(46)28-38(27-36)51-41(48)39(29-47)32-12-6-3-7-13-32/h3-17,30-31,35-40,47,50H,18-29H2,1-2H3,(H2,44,45,49)/t31?,35?,36-,37+,38?,39?,40-/m1/s1. The number of hydrogen-bond acceptors (Lipinski definition) is 6. The summed E-state index contributed by atoms with van der Waals surface area (Å²) in [5, 5.41) is 28.8. The molecule has 3 aliphatic rings. The van der Waals surface area contributed by atoms with E-state index in [1.54, 1.807) is 0 Å². The molecule has 8 heteroatoms. The lowest BCUT2D eigenvalue weighted by atomic mass is 9.77. The third-order valence-electron chi connectivity index (χ3n) is 11.7. The maximum absolute atomic E-state index is 13.5. The Hall–Kier alpha value is -3.72. The monoisotopic (exact) mass is 695 g/mol. The number of nitrogens with zero attached hydrogens (tertiary/aromatic N) is 1. The minimum Gasteiger partial charge on any atom is -0.462 e. The number of carbonyl (C=O) groups is 2. The molecule has 0 radical (unpaired) electrons. The largest absolute Gasteiger partial charge is 0.462 e. The quantitative estimate of drug-likeness (QED) is 0.137. The number of carbonyl (C=O) groups excluding carboxylic acids is 2. The van der Waals surface area contributed by atoms with Crippen molar-refractivity contribution in [3.05, 3.63) is 108 Å². The molecule has 4 N–H and O–H groups in total. The van der Waals surface area contributed by atoms with Crippen molar-refractivity contribution in [2.45, 2.75) is 120 Å². The van der Waals surface area contributed by atoms with E-state index in [-0.39, 0.29) is 36.7 Å². The first-order chi connectivity index (χ1) is 24.7. The summed E-state index contributed by atoms with van der Waals surface area (Å²) < 4.78 is 5.99. The first-order valence-corrected chi connectivity index (χ1v) is 19.3. The molecule has 274 valence electrons. The number of urea groups is 1. The van der Waals surface area contributed by atoms with Gasteiger partial charge in [-0.15, -0.1) is 0 Å². The molecule has 2 saturated heterocycles. The Kier molecular flexibility index (Phi) is 12.5. The first-order valence-electron chi connectivity index (χ1n) is 19.3. The number of rotatable bonds is 14. The van der Waals surface area contributed by atoms with Crippen molar-refractivity contribution >= 4 is 12.0 Å². The van der Waals surface area contributed by atoms with Crippen LogP contribution < -0.4 is 10.6 Å². The van der Waals surface area contributed by atoms with Gasteiger partial charge in [-0.3, -0.25) is 9.69 Å². The number of fused-ring (bicyclic) bond motifs is 2. The first kappa shape index (κ1) is 37.1. The molecule has 2 heterocycles. The molecular formula is C43H57N3O5. The molecule has 5 atom stereocenters. The van der Waals surface area contributed by atoms with Gasteiger partial charge in [0.2, 0.25) is 0 Å². The second-order valence-corrected chi connectivity index (χ2v) is 15.6. The smallest absolute Gasteiger partial charge is 0.316 e. The van der Waals surface area contributed by atoms with Gasteiger partial charge in [0, 0.05) is 31.0 Å². The molecule has 2 bridgehead atoms. The Morgan fingerprint density at radius 2 is 1.37 bits per heavy atom. The minimum atomic E-state index is -1.37. The Labute approximate surface area is 304 Å². The minimum absolute atomic E-state index is 0.0896. The Morgan fingerprint density at radius 3 is 1.90 bits per heavy atom. The van der Waals surface area contributed by atoms with Crippen LogP contribution in [-0.4, -0.2) is 70.5 Å². The SMILES string of the molecule is CC(C)C[C@@H](NC(=O)NC1CCC(CCN2[C@@H]3CC[C@H]2CC(OC(=O)C(CO)c2ccccc2)C3)CC1)C(O)(c1ccccc1)c1ccccc1. The van der Waals surface area contributed by atoms with Crippen LogP contribution in [0.25, 0.3) is 0 Å². The van der Waals surface area contributed by atoms with E-state index in [1.807, 2.05) is 91.0 Å². The van der Waals surface area contributed by atoms with Crippen molar-refractivity contribution in [1.29, 1.82) is 0 Å². The van der Waals surface area contributed by atoms with Crippen LogP contribution in [0.4, 0.5) is 4.79 Å². The maximum Gasteiger partial charge on any atom is 0.316 e. The Bertz CT molecular complexity index is 1480. The lowest BCUT2D eigenvalue weighted by Crippen LogP contribution is -2.56. The summed E-state index contributed by atoms with van der Waals surface area (Å²) in [7, 11) is 0. The van der Waals surface area contributed by atoms with Gasteiger partial charge in [-0.1, -0.05) is 105 Å². The number of esters is 1. The molecule has 1 aliphatic carbocycles. The van der Waals surface area contributed by atoms with Crippen molar-refractivity contribution in [1.82, 2.24) is 15.5 Å². The summed E-state index contributed by atoms with van der Waals surface area (Å²) in [4.78, 5) is 29.2. The molecule has 3 aromatic rings. The predicted molar refractivity (Wildman–Crippen MR) is 200 cm³/mol. The van der Waals surface area contributed by atoms with E-state index < -0.39 is 17.6 Å². The molecule has 2 unspecified atom stereocenters. The molecule has 3 fully saturated rings. The molecule has 2 amide bonds. The fourth-order valence-electron chi connectivity index (χ4n) is 9.00. The fraction of sp³-hybridized carbons (Fsp3) is 0.535. The number of amides is 2. The van der Waals surface area contributed by atoms with Crippen molar-refractivity contribution < 1.29 is 24.5 Å². The summed E-state index contributed by atoms with van der Waals surface area (Å²) in [6, 6.07) is 29.0. The van der Waals surface area contributed by atoms with E-state index in [0.29, 0.717) is 24.4 Å². The van der Waals surface area contributed by atoms with Crippen LogP contribution in [0.3, 0.4) is 0 Å². The fourth-order valence-corrected chi connectivity index (χ4v) is 9.00. The summed E-state index contributed by atoms with van der Waals surface area (Å²) in [6.45, 7) is 5.05. The van der Waals surface area contributed by atoms with Crippen LogP contribution >= 0.6 is 0 Å². The van der Waals surface area contributed by atoms with Crippen LogP contribution in [0.1, 0.15) is 101 Å². The second-order valence-electron chi connectivity index (χ2n) is 15.6. The highest BCUT2D eigenvalue weighted by Gasteiger charge is 2.43. The lowest BCUT2D eigenvalue weighted by molar-refractivity contribution is -0.155. The number of aliphatic hydroxyl groups is 2.